The van der Waals surface area contributed by atoms with Crippen LogP contribution in [-0.4, -0.2) is 37.0 Å². The molecule has 2 aromatic carbocycles. The Kier molecular flexibility index (Phi) is 7.21. The van der Waals surface area contributed by atoms with Crippen molar-refractivity contribution < 1.29 is 19.1 Å². The van der Waals surface area contributed by atoms with Crippen LogP contribution in [0.4, 0.5) is 0 Å². The molecule has 0 aliphatic heterocycles. The SMILES string of the molecule is CCN(CC(C)C(=O)OC)C(=O)c1ccc(OCc2ccccc2)cc1. The van der Waals surface area contributed by atoms with Gasteiger partial charge in [-0.15, -0.1) is 0 Å². The van der Waals surface area contributed by atoms with Crippen LogP contribution < -0.4 is 4.74 Å². The summed E-state index contributed by atoms with van der Waals surface area (Å²) >= 11 is 0. The van der Waals surface area contributed by atoms with Crippen molar-refractivity contribution >= 4 is 11.9 Å². The summed E-state index contributed by atoms with van der Waals surface area (Å²) in [6, 6.07) is 17.0. The molecule has 0 radical (unpaired) electrons. The zero-order valence-corrected chi connectivity index (χ0v) is 15.5. The minimum atomic E-state index is -0.364. The first-order valence-corrected chi connectivity index (χ1v) is 8.69. The Bertz CT molecular complexity index is 713. The van der Waals surface area contributed by atoms with Crippen LogP contribution >= 0.6 is 0 Å². The number of ether oxygens (including phenoxy) is 2. The fourth-order valence-electron chi connectivity index (χ4n) is 2.58. The summed E-state index contributed by atoms with van der Waals surface area (Å²) < 4.78 is 10.5. The minimum Gasteiger partial charge on any atom is -0.489 e. The molecule has 1 amide bonds. The van der Waals surface area contributed by atoms with Gasteiger partial charge in [0.1, 0.15) is 12.4 Å². The van der Waals surface area contributed by atoms with Crippen LogP contribution in [0.25, 0.3) is 0 Å². The fraction of sp³-hybridized carbons (Fsp3) is 0.333. The van der Waals surface area contributed by atoms with Gasteiger partial charge in [0.25, 0.3) is 5.91 Å². The summed E-state index contributed by atoms with van der Waals surface area (Å²) in [6.07, 6.45) is 0. The number of benzene rings is 2. The minimum absolute atomic E-state index is 0.113. The number of esters is 1. The van der Waals surface area contributed by atoms with E-state index >= 15 is 0 Å². The molecule has 0 aromatic heterocycles. The highest BCUT2D eigenvalue weighted by Crippen LogP contribution is 2.16. The molecule has 1 atom stereocenters. The Morgan fingerprint density at radius 3 is 2.27 bits per heavy atom. The van der Waals surface area contributed by atoms with E-state index in [1.807, 2.05) is 37.3 Å². The van der Waals surface area contributed by atoms with E-state index in [1.165, 1.54) is 7.11 Å². The first-order valence-electron chi connectivity index (χ1n) is 8.69. The maximum atomic E-state index is 12.6. The van der Waals surface area contributed by atoms with Crippen molar-refractivity contribution in [3.05, 3.63) is 65.7 Å². The molecule has 0 N–H and O–H groups in total. The molecule has 0 saturated carbocycles. The van der Waals surface area contributed by atoms with Gasteiger partial charge in [0, 0.05) is 18.7 Å². The summed E-state index contributed by atoms with van der Waals surface area (Å²) in [6.45, 7) is 4.97. The third-order valence-electron chi connectivity index (χ3n) is 4.12. The Balaban J connectivity index is 1.97. The Hall–Kier alpha value is -2.82. The second-order valence-electron chi connectivity index (χ2n) is 6.07. The van der Waals surface area contributed by atoms with E-state index in [-0.39, 0.29) is 17.8 Å². The highest BCUT2D eigenvalue weighted by Gasteiger charge is 2.21. The van der Waals surface area contributed by atoms with E-state index in [2.05, 4.69) is 0 Å². The van der Waals surface area contributed by atoms with Crippen LogP contribution in [-0.2, 0) is 16.1 Å². The number of amides is 1. The lowest BCUT2D eigenvalue weighted by Crippen LogP contribution is -2.37. The second-order valence-corrected chi connectivity index (χ2v) is 6.07. The summed E-state index contributed by atoms with van der Waals surface area (Å²) in [5, 5.41) is 0. The van der Waals surface area contributed by atoms with E-state index in [0.717, 1.165) is 5.56 Å². The molecule has 1 unspecified atom stereocenters. The molecule has 2 rings (SSSR count). The maximum Gasteiger partial charge on any atom is 0.310 e. The van der Waals surface area contributed by atoms with Gasteiger partial charge in [0.15, 0.2) is 0 Å². The molecule has 0 bridgehead atoms. The van der Waals surface area contributed by atoms with Gasteiger partial charge in [-0.05, 0) is 36.8 Å². The van der Waals surface area contributed by atoms with Crippen LogP contribution in [0.15, 0.2) is 54.6 Å². The molecule has 5 nitrogen and oxygen atoms in total. The van der Waals surface area contributed by atoms with Crippen molar-refractivity contribution in [3.8, 4) is 5.75 Å². The van der Waals surface area contributed by atoms with E-state index in [9.17, 15) is 9.59 Å². The molecule has 5 heteroatoms. The lowest BCUT2D eigenvalue weighted by molar-refractivity contribution is -0.145. The maximum absolute atomic E-state index is 12.6. The molecule has 0 fully saturated rings. The molecule has 0 saturated heterocycles. The number of carbonyl (C=O) groups excluding carboxylic acids is 2. The Morgan fingerprint density at radius 1 is 1.04 bits per heavy atom. The summed E-state index contributed by atoms with van der Waals surface area (Å²) in [7, 11) is 1.35. The van der Waals surface area contributed by atoms with Crippen LogP contribution in [0.5, 0.6) is 5.75 Å². The zero-order chi connectivity index (χ0) is 18.9. The van der Waals surface area contributed by atoms with Crippen LogP contribution in [0, 0.1) is 5.92 Å². The molecule has 26 heavy (non-hydrogen) atoms. The van der Waals surface area contributed by atoms with E-state index in [1.54, 1.807) is 36.1 Å². The van der Waals surface area contributed by atoms with Crippen molar-refractivity contribution in [2.24, 2.45) is 5.92 Å². The third-order valence-corrected chi connectivity index (χ3v) is 4.12. The van der Waals surface area contributed by atoms with Gasteiger partial charge in [-0.1, -0.05) is 37.3 Å². The number of hydrogen-bond donors (Lipinski definition) is 0. The van der Waals surface area contributed by atoms with Crippen molar-refractivity contribution in [2.75, 3.05) is 20.2 Å². The highest BCUT2D eigenvalue weighted by molar-refractivity contribution is 5.94. The van der Waals surface area contributed by atoms with Crippen LogP contribution in [0.3, 0.4) is 0 Å². The normalized spacial score (nSPS) is 11.5. The average molecular weight is 355 g/mol. The van der Waals surface area contributed by atoms with E-state index in [0.29, 0.717) is 31.0 Å². The van der Waals surface area contributed by atoms with Gasteiger partial charge in [0.05, 0.1) is 13.0 Å². The van der Waals surface area contributed by atoms with Crippen molar-refractivity contribution in [2.45, 2.75) is 20.5 Å². The fourth-order valence-corrected chi connectivity index (χ4v) is 2.58. The quantitative estimate of drug-likeness (QED) is 0.680. The summed E-state index contributed by atoms with van der Waals surface area (Å²) in [4.78, 5) is 25.9. The highest BCUT2D eigenvalue weighted by atomic mass is 16.5. The summed E-state index contributed by atoms with van der Waals surface area (Å²) in [5.74, 6) is -0.0902. The second kappa shape index (κ2) is 9.61. The Morgan fingerprint density at radius 2 is 1.69 bits per heavy atom. The molecular weight excluding hydrogens is 330 g/mol. The van der Waals surface area contributed by atoms with Gasteiger partial charge >= 0.3 is 5.97 Å². The standard InChI is InChI=1S/C21H25NO4/c1-4-22(14-16(2)21(24)25-3)20(23)18-10-12-19(13-11-18)26-15-17-8-6-5-7-9-17/h5-13,16H,4,14-15H2,1-3H3. The monoisotopic (exact) mass is 355 g/mol. The topological polar surface area (TPSA) is 55.8 Å². The lowest BCUT2D eigenvalue weighted by atomic mass is 10.1. The number of nitrogens with zero attached hydrogens (tertiary/aromatic N) is 1. The zero-order valence-electron chi connectivity index (χ0n) is 15.5. The molecule has 0 aliphatic rings. The molecule has 0 aliphatic carbocycles. The van der Waals surface area contributed by atoms with Gasteiger partial charge in [-0.2, -0.15) is 0 Å². The molecule has 0 heterocycles. The number of methoxy groups -OCH3 is 1. The van der Waals surface area contributed by atoms with Crippen molar-refractivity contribution in [1.29, 1.82) is 0 Å². The average Bonchev–Trinajstić information content (AvgIpc) is 2.70. The Labute approximate surface area is 154 Å². The van der Waals surface area contributed by atoms with Gasteiger partial charge in [0.2, 0.25) is 0 Å². The summed E-state index contributed by atoms with van der Waals surface area (Å²) in [5.41, 5.74) is 1.65. The largest absolute Gasteiger partial charge is 0.489 e. The van der Waals surface area contributed by atoms with Crippen molar-refractivity contribution in [3.63, 3.8) is 0 Å². The van der Waals surface area contributed by atoms with Crippen LogP contribution in [0.1, 0.15) is 29.8 Å². The van der Waals surface area contributed by atoms with E-state index < -0.39 is 0 Å². The smallest absolute Gasteiger partial charge is 0.310 e. The number of carbonyl (C=O) groups is 2. The number of rotatable bonds is 8. The van der Waals surface area contributed by atoms with Gasteiger partial charge in [-0.3, -0.25) is 9.59 Å². The first kappa shape index (κ1) is 19.5. The molecule has 2 aromatic rings. The predicted molar refractivity (Wildman–Crippen MR) is 100.0 cm³/mol. The molecular formula is C21H25NO4. The van der Waals surface area contributed by atoms with Gasteiger partial charge in [-0.25, -0.2) is 0 Å². The van der Waals surface area contributed by atoms with E-state index in [4.69, 9.17) is 9.47 Å². The molecule has 138 valence electrons. The lowest BCUT2D eigenvalue weighted by Gasteiger charge is -2.23. The van der Waals surface area contributed by atoms with Gasteiger partial charge < -0.3 is 14.4 Å². The molecule has 0 spiro atoms. The first-order chi connectivity index (χ1) is 12.5. The third kappa shape index (κ3) is 5.34. The van der Waals surface area contributed by atoms with Crippen molar-refractivity contribution in [1.82, 2.24) is 4.90 Å². The predicted octanol–water partition coefficient (Wildman–Crippen LogP) is 3.54. The number of hydrogen-bond acceptors (Lipinski definition) is 4. The van der Waals surface area contributed by atoms with Crippen LogP contribution in [0.2, 0.25) is 0 Å².